The minimum Gasteiger partial charge on any atom is -0.376 e. The molecule has 0 bridgehead atoms. The number of carbonyl (C=O) groups is 2. The maximum atomic E-state index is 12.5. The SMILES string of the molecule is CC(=O)Nc1ccc(NCC(=O)N2CCC(Cc3ccccc3)CC2)cc1. The summed E-state index contributed by atoms with van der Waals surface area (Å²) in [5, 5.41) is 5.90. The highest BCUT2D eigenvalue weighted by atomic mass is 16.2. The zero-order valence-electron chi connectivity index (χ0n) is 15.8. The number of nitrogens with one attached hydrogen (secondary N) is 2. The standard InChI is InChI=1S/C22H27N3O2/c1-17(26)24-21-9-7-20(8-10-21)23-16-22(27)25-13-11-19(12-14-25)15-18-5-3-2-4-6-18/h2-10,19,23H,11-16H2,1H3,(H,24,26). The van der Waals surface area contributed by atoms with Gasteiger partial charge in [0, 0.05) is 31.4 Å². The third-order valence-corrected chi connectivity index (χ3v) is 4.98. The highest BCUT2D eigenvalue weighted by Crippen LogP contribution is 2.22. The monoisotopic (exact) mass is 365 g/mol. The second kappa shape index (κ2) is 9.21. The number of hydrogen-bond acceptors (Lipinski definition) is 3. The topological polar surface area (TPSA) is 61.4 Å². The third kappa shape index (κ3) is 5.84. The van der Waals surface area contributed by atoms with Crippen molar-refractivity contribution in [2.24, 2.45) is 5.92 Å². The molecule has 2 amide bonds. The molecule has 5 nitrogen and oxygen atoms in total. The normalized spacial score (nSPS) is 14.6. The molecule has 0 aromatic heterocycles. The predicted octanol–water partition coefficient (Wildman–Crippen LogP) is 3.54. The van der Waals surface area contributed by atoms with E-state index in [9.17, 15) is 9.59 Å². The smallest absolute Gasteiger partial charge is 0.241 e. The molecule has 2 aromatic rings. The van der Waals surface area contributed by atoms with E-state index in [4.69, 9.17) is 0 Å². The second-order valence-electron chi connectivity index (χ2n) is 7.13. The molecule has 0 saturated carbocycles. The number of nitrogens with zero attached hydrogens (tertiary/aromatic N) is 1. The lowest BCUT2D eigenvalue weighted by atomic mass is 9.90. The van der Waals surface area contributed by atoms with Crippen LogP contribution in [0.1, 0.15) is 25.3 Å². The molecule has 2 N–H and O–H groups in total. The molecule has 0 aliphatic carbocycles. The summed E-state index contributed by atoms with van der Waals surface area (Å²) in [5.41, 5.74) is 3.00. The van der Waals surface area contributed by atoms with Crippen LogP contribution in [0.4, 0.5) is 11.4 Å². The summed E-state index contributed by atoms with van der Waals surface area (Å²) in [7, 11) is 0. The largest absolute Gasteiger partial charge is 0.376 e. The first-order chi connectivity index (χ1) is 13.1. The number of carbonyl (C=O) groups excluding carboxylic acids is 2. The average molecular weight is 365 g/mol. The number of piperidine rings is 1. The molecule has 1 heterocycles. The van der Waals surface area contributed by atoms with Gasteiger partial charge in [-0.1, -0.05) is 30.3 Å². The Labute approximate surface area is 160 Å². The fourth-order valence-corrected chi connectivity index (χ4v) is 3.50. The molecule has 1 aliphatic heterocycles. The highest BCUT2D eigenvalue weighted by molar-refractivity contribution is 5.89. The zero-order chi connectivity index (χ0) is 19.1. The summed E-state index contributed by atoms with van der Waals surface area (Å²) >= 11 is 0. The van der Waals surface area contributed by atoms with Crippen molar-refractivity contribution in [3.63, 3.8) is 0 Å². The molecule has 1 aliphatic rings. The predicted molar refractivity (Wildman–Crippen MR) is 109 cm³/mol. The quantitative estimate of drug-likeness (QED) is 0.823. The van der Waals surface area contributed by atoms with Gasteiger partial charge in [-0.2, -0.15) is 0 Å². The number of anilines is 2. The molecule has 27 heavy (non-hydrogen) atoms. The molecule has 5 heteroatoms. The van der Waals surface area contributed by atoms with Gasteiger partial charge in [0.05, 0.1) is 6.54 Å². The lowest BCUT2D eigenvalue weighted by molar-refractivity contribution is -0.130. The molecule has 142 valence electrons. The van der Waals surface area contributed by atoms with E-state index in [0.717, 1.165) is 43.7 Å². The third-order valence-electron chi connectivity index (χ3n) is 4.98. The van der Waals surface area contributed by atoms with Crippen LogP contribution < -0.4 is 10.6 Å². The fourth-order valence-electron chi connectivity index (χ4n) is 3.50. The van der Waals surface area contributed by atoms with Crippen LogP contribution in [0, 0.1) is 5.92 Å². The van der Waals surface area contributed by atoms with Crippen molar-refractivity contribution in [3.8, 4) is 0 Å². The fraction of sp³-hybridized carbons (Fsp3) is 0.364. The van der Waals surface area contributed by atoms with Crippen LogP contribution >= 0.6 is 0 Å². The van der Waals surface area contributed by atoms with Crippen molar-refractivity contribution in [1.29, 1.82) is 0 Å². The summed E-state index contributed by atoms with van der Waals surface area (Å²) < 4.78 is 0. The molecular weight excluding hydrogens is 338 g/mol. The van der Waals surface area contributed by atoms with Crippen molar-refractivity contribution in [3.05, 3.63) is 60.2 Å². The van der Waals surface area contributed by atoms with Crippen molar-refractivity contribution in [2.45, 2.75) is 26.2 Å². The first-order valence-corrected chi connectivity index (χ1v) is 9.53. The van der Waals surface area contributed by atoms with Crippen molar-refractivity contribution < 1.29 is 9.59 Å². The van der Waals surface area contributed by atoms with Crippen molar-refractivity contribution >= 4 is 23.2 Å². The summed E-state index contributed by atoms with van der Waals surface area (Å²) in [6, 6.07) is 18.0. The highest BCUT2D eigenvalue weighted by Gasteiger charge is 2.22. The first kappa shape index (κ1) is 19.0. The Hall–Kier alpha value is -2.82. The molecule has 1 fully saturated rings. The van der Waals surface area contributed by atoms with Crippen LogP contribution in [0.3, 0.4) is 0 Å². The Morgan fingerprint density at radius 3 is 2.22 bits per heavy atom. The van der Waals surface area contributed by atoms with Gasteiger partial charge in [0.1, 0.15) is 0 Å². The molecule has 0 spiro atoms. The van der Waals surface area contributed by atoms with E-state index in [2.05, 4.69) is 34.9 Å². The number of likely N-dealkylation sites (tertiary alicyclic amines) is 1. The molecule has 1 saturated heterocycles. The van der Waals surface area contributed by atoms with Gasteiger partial charge in [-0.15, -0.1) is 0 Å². The van der Waals surface area contributed by atoms with Gasteiger partial charge < -0.3 is 15.5 Å². The van der Waals surface area contributed by atoms with Crippen LogP contribution in [0.5, 0.6) is 0 Å². The number of amides is 2. The van der Waals surface area contributed by atoms with E-state index in [1.807, 2.05) is 35.2 Å². The molecule has 0 unspecified atom stereocenters. The Bertz CT molecular complexity index is 751. The Balaban J connectivity index is 1.41. The van der Waals surface area contributed by atoms with Crippen molar-refractivity contribution in [2.75, 3.05) is 30.3 Å². The lowest BCUT2D eigenvalue weighted by Crippen LogP contribution is -2.41. The molecule has 2 aromatic carbocycles. The van der Waals surface area contributed by atoms with Gasteiger partial charge >= 0.3 is 0 Å². The maximum Gasteiger partial charge on any atom is 0.241 e. The number of rotatable bonds is 6. The first-order valence-electron chi connectivity index (χ1n) is 9.53. The Kier molecular flexibility index (Phi) is 6.47. The zero-order valence-corrected chi connectivity index (χ0v) is 15.8. The van der Waals surface area contributed by atoms with Crippen LogP contribution in [-0.4, -0.2) is 36.3 Å². The minimum absolute atomic E-state index is 0.0958. The number of hydrogen-bond donors (Lipinski definition) is 2. The lowest BCUT2D eigenvalue weighted by Gasteiger charge is -2.32. The van der Waals surface area contributed by atoms with E-state index in [1.165, 1.54) is 12.5 Å². The van der Waals surface area contributed by atoms with E-state index in [0.29, 0.717) is 12.5 Å². The molecule has 0 atom stereocenters. The minimum atomic E-state index is -0.0958. The van der Waals surface area contributed by atoms with Crippen LogP contribution in [0.25, 0.3) is 0 Å². The average Bonchev–Trinajstić information content (AvgIpc) is 2.68. The summed E-state index contributed by atoms with van der Waals surface area (Å²) in [6.07, 6.45) is 3.22. The van der Waals surface area contributed by atoms with Gasteiger partial charge in [-0.25, -0.2) is 0 Å². The Morgan fingerprint density at radius 1 is 0.963 bits per heavy atom. The van der Waals surface area contributed by atoms with E-state index in [-0.39, 0.29) is 11.8 Å². The van der Waals surface area contributed by atoms with Crippen LogP contribution in [0.2, 0.25) is 0 Å². The number of benzene rings is 2. The van der Waals surface area contributed by atoms with Gasteiger partial charge in [-0.05, 0) is 55.0 Å². The van der Waals surface area contributed by atoms with Gasteiger partial charge in [-0.3, -0.25) is 9.59 Å². The molecule has 3 rings (SSSR count). The molecular formula is C22H27N3O2. The molecule has 0 radical (unpaired) electrons. The van der Waals surface area contributed by atoms with Gasteiger partial charge in [0.2, 0.25) is 11.8 Å². The van der Waals surface area contributed by atoms with Crippen molar-refractivity contribution in [1.82, 2.24) is 4.90 Å². The van der Waals surface area contributed by atoms with E-state index in [1.54, 1.807) is 0 Å². The Morgan fingerprint density at radius 2 is 1.59 bits per heavy atom. The van der Waals surface area contributed by atoms with E-state index >= 15 is 0 Å². The van der Waals surface area contributed by atoms with Crippen LogP contribution in [0.15, 0.2) is 54.6 Å². The maximum absolute atomic E-state index is 12.5. The van der Waals surface area contributed by atoms with E-state index < -0.39 is 0 Å². The summed E-state index contributed by atoms with van der Waals surface area (Å²) in [4.78, 5) is 25.5. The second-order valence-corrected chi connectivity index (χ2v) is 7.13. The summed E-state index contributed by atoms with van der Waals surface area (Å²) in [6.45, 7) is 3.44. The van der Waals surface area contributed by atoms with Gasteiger partial charge in [0.15, 0.2) is 0 Å². The van der Waals surface area contributed by atoms with Crippen LogP contribution in [-0.2, 0) is 16.0 Å². The summed E-state index contributed by atoms with van der Waals surface area (Å²) in [5.74, 6) is 0.700. The van der Waals surface area contributed by atoms with Gasteiger partial charge in [0.25, 0.3) is 0 Å².